The lowest BCUT2D eigenvalue weighted by Gasteiger charge is -2.28. The largest absolute Gasteiger partial charge is 0.369 e. The molecule has 0 aliphatic rings. The molecular formula is C11H23NO. The average Bonchev–Trinajstić information content (AvgIpc) is 2.12. The van der Waals surface area contributed by atoms with Gasteiger partial charge in [-0.3, -0.25) is 4.79 Å². The van der Waals surface area contributed by atoms with Crippen molar-refractivity contribution in [2.24, 2.45) is 29.4 Å². The summed E-state index contributed by atoms with van der Waals surface area (Å²) < 4.78 is 0. The van der Waals surface area contributed by atoms with Gasteiger partial charge in [0.1, 0.15) is 0 Å². The van der Waals surface area contributed by atoms with Crippen LogP contribution in [0, 0.1) is 23.7 Å². The minimum Gasteiger partial charge on any atom is -0.369 e. The van der Waals surface area contributed by atoms with E-state index in [-0.39, 0.29) is 11.8 Å². The van der Waals surface area contributed by atoms with Crippen molar-refractivity contribution >= 4 is 5.91 Å². The third-order valence-electron chi connectivity index (χ3n) is 3.61. The summed E-state index contributed by atoms with van der Waals surface area (Å²) in [5.74, 6) is 1.42. The summed E-state index contributed by atoms with van der Waals surface area (Å²) in [5.41, 5.74) is 5.28. The first-order chi connectivity index (χ1) is 5.91. The predicted molar refractivity (Wildman–Crippen MR) is 56.1 cm³/mol. The molecule has 0 aromatic rings. The maximum atomic E-state index is 11.0. The quantitative estimate of drug-likeness (QED) is 0.702. The zero-order valence-corrected chi connectivity index (χ0v) is 9.50. The molecule has 0 rings (SSSR count). The third kappa shape index (κ3) is 3.37. The van der Waals surface area contributed by atoms with Gasteiger partial charge in [0.2, 0.25) is 5.91 Å². The number of nitrogens with two attached hydrogens (primary N) is 1. The molecule has 13 heavy (non-hydrogen) atoms. The fraction of sp³-hybridized carbons (Fsp3) is 0.909. The molecular weight excluding hydrogens is 162 g/mol. The Morgan fingerprint density at radius 1 is 1.15 bits per heavy atom. The first-order valence-corrected chi connectivity index (χ1v) is 5.21. The van der Waals surface area contributed by atoms with E-state index in [1.54, 1.807) is 0 Å². The first-order valence-electron chi connectivity index (χ1n) is 5.21. The van der Waals surface area contributed by atoms with Crippen molar-refractivity contribution in [3.63, 3.8) is 0 Å². The smallest absolute Gasteiger partial charge is 0.220 e. The summed E-state index contributed by atoms with van der Waals surface area (Å²) in [6, 6.07) is 0. The highest BCUT2D eigenvalue weighted by Gasteiger charge is 2.25. The topological polar surface area (TPSA) is 43.1 Å². The van der Waals surface area contributed by atoms with E-state index in [9.17, 15) is 4.79 Å². The van der Waals surface area contributed by atoms with Crippen LogP contribution in [0.3, 0.4) is 0 Å². The zero-order valence-electron chi connectivity index (χ0n) is 9.50. The molecule has 0 bridgehead atoms. The molecule has 2 N–H and O–H groups in total. The summed E-state index contributed by atoms with van der Waals surface area (Å²) in [5, 5.41) is 0. The van der Waals surface area contributed by atoms with Crippen LogP contribution in [0.1, 0.15) is 41.0 Å². The highest BCUT2D eigenvalue weighted by atomic mass is 16.1. The van der Waals surface area contributed by atoms with Crippen molar-refractivity contribution in [1.29, 1.82) is 0 Å². The Hall–Kier alpha value is -0.530. The van der Waals surface area contributed by atoms with Crippen LogP contribution in [0.2, 0.25) is 0 Å². The molecule has 2 heteroatoms. The van der Waals surface area contributed by atoms with Crippen LogP contribution in [-0.2, 0) is 4.79 Å². The van der Waals surface area contributed by atoms with Gasteiger partial charge in [0.25, 0.3) is 0 Å². The second kappa shape index (κ2) is 5.25. The summed E-state index contributed by atoms with van der Waals surface area (Å²) in [6.45, 7) is 10.7. The van der Waals surface area contributed by atoms with Crippen LogP contribution in [0.4, 0.5) is 0 Å². The molecule has 0 spiro atoms. The number of carbonyl (C=O) groups excluding carboxylic acids is 1. The normalized spacial score (nSPS) is 20.4. The molecule has 0 aliphatic carbocycles. The van der Waals surface area contributed by atoms with Gasteiger partial charge in [0, 0.05) is 5.92 Å². The van der Waals surface area contributed by atoms with Crippen LogP contribution >= 0.6 is 0 Å². The van der Waals surface area contributed by atoms with Crippen molar-refractivity contribution < 1.29 is 4.79 Å². The van der Waals surface area contributed by atoms with Gasteiger partial charge in [0.15, 0.2) is 0 Å². The maximum absolute atomic E-state index is 11.0. The van der Waals surface area contributed by atoms with Gasteiger partial charge in [-0.15, -0.1) is 0 Å². The summed E-state index contributed by atoms with van der Waals surface area (Å²) >= 11 is 0. The maximum Gasteiger partial charge on any atom is 0.220 e. The number of hydrogen-bond acceptors (Lipinski definition) is 1. The predicted octanol–water partition coefficient (Wildman–Crippen LogP) is 2.43. The molecule has 0 aromatic carbocycles. The average molecular weight is 185 g/mol. The molecule has 0 radical (unpaired) electrons. The lowest BCUT2D eigenvalue weighted by atomic mass is 9.77. The van der Waals surface area contributed by atoms with Gasteiger partial charge in [-0.2, -0.15) is 0 Å². The molecule has 4 atom stereocenters. The zero-order chi connectivity index (χ0) is 10.6. The van der Waals surface area contributed by atoms with Gasteiger partial charge >= 0.3 is 0 Å². The molecule has 0 saturated carbocycles. The number of carbonyl (C=O) groups is 1. The second-order valence-electron chi connectivity index (χ2n) is 4.29. The van der Waals surface area contributed by atoms with Crippen molar-refractivity contribution in [2.75, 3.05) is 0 Å². The Balaban J connectivity index is 4.24. The minimum absolute atomic E-state index is 0.0102. The van der Waals surface area contributed by atoms with Gasteiger partial charge in [0.05, 0.1) is 0 Å². The van der Waals surface area contributed by atoms with E-state index in [2.05, 4.69) is 27.7 Å². The van der Waals surface area contributed by atoms with Crippen LogP contribution in [0.5, 0.6) is 0 Å². The van der Waals surface area contributed by atoms with E-state index in [4.69, 9.17) is 5.73 Å². The lowest BCUT2D eigenvalue weighted by molar-refractivity contribution is -0.123. The van der Waals surface area contributed by atoms with E-state index in [1.165, 1.54) is 0 Å². The number of primary amides is 1. The highest BCUT2D eigenvalue weighted by Crippen LogP contribution is 2.28. The molecule has 0 fully saturated rings. The summed E-state index contributed by atoms with van der Waals surface area (Å²) in [4.78, 5) is 11.0. The number of amides is 1. The highest BCUT2D eigenvalue weighted by molar-refractivity contribution is 5.76. The van der Waals surface area contributed by atoms with E-state index < -0.39 is 0 Å². The fourth-order valence-corrected chi connectivity index (χ4v) is 1.60. The van der Waals surface area contributed by atoms with Crippen LogP contribution in [0.15, 0.2) is 0 Å². The Morgan fingerprint density at radius 3 is 1.92 bits per heavy atom. The summed E-state index contributed by atoms with van der Waals surface area (Å²) in [7, 11) is 0. The third-order valence-corrected chi connectivity index (χ3v) is 3.61. The molecule has 0 unspecified atom stereocenters. The molecule has 0 saturated heterocycles. The monoisotopic (exact) mass is 185 g/mol. The summed E-state index contributed by atoms with van der Waals surface area (Å²) in [6.07, 6.45) is 1.16. The molecule has 78 valence electrons. The standard InChI is InChI=1S/C11H23NO/c1-6-7(2)8(3)9(4)10(5)11(12)13/h7-10H,6H2,1-5H3,(H2,12,13)/t7-,8+,9+,10-/m1/s1. The van der Waals surface area contributed by atoms with Gasteiger partial charge in [-0.05, 0) is 17.8 Å². The Bertz CT molecular complexity index is 167. The van der Waals surface area contributed by atoms with Gasteiger partial charge in [-0.25, -0.2) is 0 Å². The van der Waals surface area contributed by atoms with Crippen molar-refractivity contribution in [2.45, 2.75) is 41.0 Å². The molecule has 1 amide bonds. The van der Waals surface area contributed by atoms with Gasteiger partial charge in [-0.1, -0.05) is 41.0 Å². The van der Waals surface area contributed by atoms with Crippen molar-refractivity contribution in [1.82, 2.24) is 0 Å². The first kappa shape index (κ1) is 12.5. The van der Waals surface area contributed by atoms with E-state index in [0.717, 1.165) is 6.42 Å². The lowest BCUT2D eigenvalue weighted by Crippen LogP contribution is -2.31. The Morgan fingerprint density at radius 2 is 1.62 bits per heavy atom. The van der Waals surface area contributed by atoms with Crippen LogP contribution in [0.25, 0.3) is 0 Å². The Kier molecular flexibility index (Phi) is 5.04. The molecule has 0 heterocycles. The number of hydrogen-bond donors (Lipinski definition) is 1. The SMILES string of the molecule is CC[C@@H](C)[C@H](C)[C@H](C)[C@@H](C)C(N)=O. The second-order valence-corrected chi connectivity index (χ2v) is 4.29. The van der Waals surface area contributed by atoms with Crippen LogP contribution in [-0.4, -0.2) is 5.91 Å². The molecule has 2 nitrogen and oxygen atoms in total. The van der Waals surface area contributed by atoms with Crippen LogP contribution < -0.4 is 5.73 Å². The van der Waals surface area contributed by atoms with E-state index >= 15 is 0 Å². The van der Waals surface area contributed by atoms with Crippen molar-refractivity contribution in [3.8, 4) is 0 Å². The van der Waals surface area contributed by atoms with Crippen molar-refractivity contribution in [3.05, 3.63) is 0 Å². The van der Waals surface area contributed by atoms with E-state index in [1.807, 2.05) is 6.92 Å². The van der Waals surface area contributed by atoms with Gasteiger partial charge < -0.3 is 5.73 Å². The molecule has 0 aliphatic heterocycles. The fourth-order valence-electron chi connectivity index (χ4n) is 1.60. The number of rotatable bonds is 5. The molecule has 0 aromatic heterocycles. The van der Waals surface area contributed by atoms with E-state index in [0.29, 0.717) is 17.8 Å². The Labute approximate surface area is 81.9 Å². The minimum atomic E-state index is -0.178.